The zero-order valence-corrected chi connectivity index (χ0v) is 10.6. The van der Waals surface area contributed by atoms with Crippen LogP contribution >= 0.6 is 0 Å². The summed E-state index contributed by atoms with van der Waals surface area (Å²) in [5.74, 6) is -1.13. The lowest BCUT2D eigenvalue weighted by Crippen LogP contribution is -2.48. The smallest absolute Gasteiger partial charge is 0.254 e. The van der Waals surface area contributed by atoms with Gasteiger partial charge in [-0.25, -0.2) is 4.39 Å². The van der Waals surface area contributed by atoms with Crippen LogP contribution in [0.25, 0.3) is 0 Å². The number of hydrogen-bond donors (Lipinski definition) is 1. The lowest BCUT2D eigenvalue weighted by molar-refractivity contribution is -0.146. The highest BCUT2D eigenvalue weighted by Crippen LogP contribution is 2.07. The molecule has 1 aromatic rings. The summed E-state index contributed by atoms with van der Waals surface area (Å²) in [5, 5.41) is 2.60. The first-order valence-corrected chi connectivity index (χ1v) is 5.96. The van der Waals surface area contributed by atoms with Crippen LogP contribution in [0.3, 0.4) is 0 Å². The zero-order valence-electron chi connectivity index (χ0n) is 10.6. The number of nitrogens with zero attached hydrogens (tertiary/aromatic N) is 1. The van der Waals surface area contributed by atoms with Crippen molar-refractivity contribution >= 4 is 11.8 Å². The third-order valence-electron chi connectivity index (χ3n) is 2.95. The summed E-state index contributed by atoms with van der Waals surface area (Å²) in [7, 11) is 1.68. The van der Waals surface area contributed by atoms with E-state index < -0.39 is 11.7 Å². The maximum absolute atomic E-state index is 13.4. The Bertz CT molecular complexity index is 493. The lowest BCUT2D eigenvalue weighted by atomic mass is 10.2. The van der Waals surface area contributed by atoms with Crippen LogP contribution < -0.4 is 5.32 Å². The molecule has 1 heterocycles. The Labute approximate surface area is 110 Å². The molecule has 1 unspecified atom stereocenters. The van der Waals surface area contributed by atoms with Gasteiger partial charge in [-0.05, 0) is 12.1 Å². The van der Waals surface area contributed by atoms with E-state index in [1.54, 1.807) is 18.0 Å². The molecule has 102 valence electrons. The van der Waals surface area contributed by atoms with Crippen molar-refractivity contribution in [2.75, 3.05) is 26.7 Å². The van der Waals surface area contributed by atoms with Gasteiger partial charge in [-0.2, -0.15) is 0 Å². The van der Waals surface area contributed by atoms with E-state index in [2.05, 4.69) is 5.32 Å². The largest absolute Gasteiger partial charge is 0.365 e. The Morgan fingerprint density at radius 3 is 2.95 bits per heavy atom. The molecule has 1 saturated heterocycles. The second kappa shape index (κ2) is 5.79. The molecule has 1 atom stereocenters. The van der Waals surface area contributed by atoms with Gasteiger partial charge < -0.3 is 15.0 Å². The molecule has 0 aromatic heterocycles. The highest BCUT2D eigenvalue weighted by atomic mass is 19.1. The van der Waals surface area contributed by atoms with E-state index in [1.807, 2.05) is 0 Å². The van der Waals surface area contributed by atoms with Gasteiger partial charge in [-0.15, -0.1) is 0 Å². The summed E-state index contributed by atoms with van der Waals surface area (Å²) in [4.78, 5) is 24.5. The Morgan fingerprint density at radius 2 is 2.26 bits per heavy atom. The number of carbonyl (C=O) groups is 2. The molecule has 1 aliphatic heterocycles. The molecular formula is C13H15FN2O3. The van der Waals surface area contributed by atoms with E-state index in [1.165, 1.54) is 18.2 Å². The highest BCUT2D eigenvalue weighted by Gasteiger charge is 2.24. The van der Waals surface area contributed by atoms with Gasteiger partial charge in [0, 0.05) is 20.1 Å². The van der Waals surface area contributed by atoms with Crippen molar-refractivity contribution in [2.24, 2.45) is 0 Å². The number of hydrogen-bond acceptors (Lipinski definition) is 3. The summed E-state index contributed by atoms with van der Waals surface area (Å²) in [6.07, 6.45) is -0.265. The van der Waals surface area contributed by atoms with Crippen molar-refractivity contribution in [1.29, 1.82) is 0 Å². The van der Waals surface area contributed by atoms with Crippen LogP contribution in [0.5, 0.6) is 0 Å². The average molecular weight is 266 g/mol. The van der Waals surface area contributed by atoms with Gasteiger partial charge in [0.2, 0.25) is 5.91 Å². The fourth-order valence-corrected chi connectivity index (χ4v) is 1.83. The number of benzene rings is 1. The van der Waals surface area contributed by atoms with Crippen LogP contribution in [-0.4, -0.2) is 49.6 Å². The topological polar surface area (TPSA) is 58.6 Å². The summed E-state index contributed by atoms with van der Waals surface area (Å²) in [6, 6.07) is 5.78. The fraction of sp³-hybridized carbons (Fsp3) is 0.385. The molecule has 0 spiro atoms. The van der Waals surface area contributed by atoms with Crippen LogP contribution in [-0.2, 0) is 9.53 Å². The van der Waals surface area contributed by atoms with Gasteiger partial charge in [-0.3, -0.25) is 9.59 Å². The summed E-state index contributed by atoms with van der Waals surface area (Å²) in [6.45, 7) is 0.665. The Morgan fingerprint density at radius 1 is 1.53 bits per heavy atom. The van der Waals surface area contributed by atoms with Crippen molar-refractivity contribution in [1.82, 2.24) is 10.2 Å². The van der Waals surface area contributed by atoms with Crippen LogP contribution in [0, 0.1) is 5.82 Å². The average Bonchev–Trinajstić information content (AvgIpc) is 2.40. The van der Waals surface area contributed by atoms with Crippen LogP contribution in [0.4, 0.5) is 4.39 Å². The van der Waals surface area contributed by atoms with E-state index in [9.17, 15) is 14.0 Å². The molecule has 19 heavy (non-hydrogen) atoms. The number of amides is 2. The minimum Gasteiger partial charge on any atom is -0.365 e. The molecule has 5 nitrogen and oxygen atoms in total. The maximum Gasteiger partial charge on any atom is 0.254 e. The molecule has 0 saturated carbocycles. The normalized spacial score (nSPS) is 19.4. The molecule has 1 fully saturated rings. The van der Waals surface area contributed by atoms with E-state index in [0.717, 1.165) is 0 Å². The molecule has 1 aromatic carbocycles. The summed E-state index contributed by atoms with van der Waals surface area (Å²) >= 11 is 0. The van der Waals surface area contributed by atoms with Crippen molar-refractivity contribution < 1.29 is 18.7 Å². The first-order chi connectivity index (χ1) is 9.08. The fourth-order valence-electron chi connectivity index (χ4n) is 1.83. The molecule has 0 bridgehead atoms. The Balaban J connectivity index is 1.88. The van der Waals surface area contributed by atoms with Crippen molar-refractivity contribution in [3.63, 3.8) is 0 Å². The van der Waals surface area contributed by atoms with E-state index in [4.69, 9.17) is 4.74 Å². The minimum absolute atomic E-state index is 0.00254. The van der Waals surface area contributed by atoms with Gasteiger partial charge in [0.15, 0.2) is 0 Å². The van der Waals surface area contributed by atoms with Crippen LogP contribution in [0.1, 0.15) is 10.4 Å². The van der Waals surface area contributed by atoms with Gasteiger partial charge in [0.05, 0.1) is 11.7 Å². The number of carbonyl (C=O) groups excluding carboxylic acids is 2. The lowest BCUT2D eigenvalue weighted by Gasteiger charge is -2.29. The summed E-state index contributed by atoms with van der Waals surface area (Å²) in [5.41, 5.74) is 0.00254. The number of halogens is 1. The SMILES string of the molecule is CN1CC(CNC(=O)c2ccccc2F)OCC1=O. The molecule has 2 rings (SSSR count). The van der Waals surface area contributed by atoms with E-state index >= 15 is 0 Å². The van der Waals surface area contributed by atoms with Gasteiger partial charge in [-0.1, -0.05) is 12.1 Å². The van der Waals surface area contributed by atoms with Gasteiger partial charge in [0.1, 0.15) is 12.4 Å². The monoisotopic (exact) mass is 266 g/mol. The minimum atomic E-state index is -0.558. The number of morpholine rings is 1. The maximum atomic E-state index is 13.4. The molecule has 0 aliphatic carbocycles. The van der Waals surface area contributed by atoms with Crippen molar-refractivity contribution in [2.45, 2.75) is 6.10 Å². The molecule has 1 aliphatic rings. The van der Waals surface area contributed by atoms with E-state index in [0.29, 0.717) is 6.54 Å². The Hall–Kier alpha value is -1.95. The molecule has 0 radical (unpaired) electrons. The second-order valence-corrected chi connectivity index (χ2v) is 4.40. The third kappa shape index (κ3) is 3.29. The third-order valence-corrected chi connectivity index (χ3v) is 2.95. The van der Waals surface area contributed by atoms with Gasteiger partial charge in [0.25, 0.3) is 5.91 Å². The number of nitrogens with one attached hydrogen (secondary N) is 1. The number of ether oxygens (including phenoxy) is 1. The summed E-state index contributed by atoms with van der Waals surface area (Å²) < 4.78 is 18.7. The Kier molecular flexibility index (Phi) is 4.11. The second-order valence-electron chi connectivity index (χ2n) is 4.40. The molecule has 6 heteroatoms. The highest BCUT2D eigenvalue weighted by molar-refractivity contribution is 5.94. The molecule has 1 N–H and O–H groups in total. The van der Waals surface area contributed by atoms with Gasteiger partial charge >= 0.3 is 0 Å². The first kappa shape index (κ1) is 13.5. The quantitative estimate of drug-likeness (QED) is 0.862. The molecule has 2 amide bonds. The standard InChI is InChI=1S/C13H15FN2O3/c1-16-7-9(19-8-12(16)17)6-15-13(18)10-4-2-3-5-11(10)14/h2-5,9H,6-8H2,1H3,(H,15,18). The molecular weight excluding hydrogens is 251 g/mol. The van der Waals surface area contributed by atoms with E-state index in [-0.39, 0.29) is 30.7 Å². The zero-order chi connectivity index (χ0) is 13.8. The first-order valence-electron chi connectivity index (χ1n) is 5.96. The number of likely N-dealkylation sites (N-methyl/N-ethyl adjacent to an activating group) is 1. The predicted molar refractivity (Wildman–Crippen MR) is 66.1 cm³/mol. The van der Waals surface area contributed by atoms with Crippen LogP contribution in [0.2, 0.25) is 0 Å². The van der Waals surface area contributed by atoms with Crippen molar-refractivity contribution in [3.8, 4) is 0 Å². The van der Waals surface area contributed by atoms with Crippen LogP contribution in [0.15, 0.2) is 24.3 Å². The van der Waals surface area contributed by atoms with Crippen molar-refractivity contribution in [3.05, 3.63) is 35.6 Å². The predicted octanol–water partition coefficient (Wildman–Crippen LogP) is 0.413. The number of rotatable bonds is 3.